The molecule has 4 heteroatoms. The van der Waals surface area contributed by atoms with E-state index in [1.165, 1.54) is 12.1 Å². The number of hydrogen-bond acceptors (Lipinski definition) is 2. The first-order chi connectivity index (χ1) is 9.04. The van der Waals surface area contributed by atoms with E-state index in [2.05, 4.69) is 4.90 Å². The Balaban J connectivity index is 2.02. The van der Waals surface area contributed by atoms with Crippen molar-refractivity contribution in [1.82, 2.24) is 4.90 Å². The SMILES string of the molecule is CN(Cc1ccc(N)cc1)Cc1cc(F)ccc1Cl. The Bertz CT molecular complexity index is 555. The molecule has 0 aromatic heterocycles. The fourth-order valence-corrected chi connectivity index (χ4v) is 2.12. The second kappa shape index (κ2) is 6.04. The Labute approximate surface area is 117 Å². The van der Waals surface area contributed by atoms with Crippen LogP contribution in [0.2, 0.25) is 5.02 Å². The van der Waals surface area contributed by atoms with Gasteiger partial charge in [0.2, 0.25) is 0 Å². The second-order valence-corrected chi connectivity index (χ2v) is 5.06. The average molecular weight is 279 g/mol. The maximum atomic E-state index is 13.2. The van der Waals surface area contributed by atoms with Crippen LogP contribution in [0.4, 0.5) is 10.1 Å². The average Bonchev–Trinajstić information content (AvgIpc) is 2.37. The highest BCUT2D eigenvalue weighted by Gasteiger charge is 2.06. The minimum atomic E-state index is -0.264. The minimum Gasteiger partial charge on any atom is -0.399 e. The monoisotopic (exact) mass is 278 g/mol. The quantitative estimate of drug-likeness (QED) is 0.864. The van der Waals surface area contributed by atoms with E-state index in [4.69, 9.17) is 17.3 Å². The summed E-state index contributed by atoms with van der Waals surface area (Å²) >= 11 is 6.05. The molecule has 0 aliphatic carbocycles. The van der Waals surface area contributed by atoms with Crippen molar-refractivity contribution in [3.63, 3.8) is 0 Å². The van der Waals surface area contributed by atoms with E-state index in [-0.39, 0.29) is 5.82 Å². The summed E-state index contributed by atoms with van der Waals surface area (Å²) in [5, 5.41) is 0.588. The van der Waals surface area contributed by atoms with Gasteiger partial charge in [0.25, 0.3) is 0 Å². The van der Waals surface area contributed by atoms with Crippen molar-refractivity contribution in [2.24, 2.45) is 0 Å². The zero-order chi connectivity index (χ0) is 13.8. The van der Waals surface area contributed by atoms with Crippen LogP contribution in [0.25, 0.3) is 0 Å². The highest BCUT2D eigenvalue weighted by atomic mass is 35.5. The number of hydrogen-bond donors (Lipinski definition) is 1. The smallest absolute Gasteiger partial charge is 0.123 e. The summed E-state index contributed by atoms with van der Waals surface area (Å²) in [5.74, 6) is -0.264. The van der Waals surface area contributed by atoms with Gasteiger partial charge in [0.05, 0.1) is 0 Å². The van der Waals surface area contributed by atoms with Crippen LogP contribution in [0.1, 0.15) is 11.1 Å². The highest BCUT2D eigenvalue weighted by Crippen LogP contribution is 2.19. The molecule has 2 nitrogen and oxygen atoms in total. The topological polar surface area (TPSA) is 29.3 Å². The first-order valence-electron chi connectivity index (χ1n) is 6.01. The molecule has 0 amide bonds. The highest BCUT2D eigenvalue weighted by molar-refractivity contribution is 6.31. The molecular formula is C15H16ClFN2. The molecule has 0 atom stereocenters. The summed E-state index contributed by atoms with van der Waals surface area (Å²) in [6.07, 6.45) is 0. The zero-order valence-corrected chi connectivity index (χ0v) is 11.5. The van der Waals surface area contributed by atoms with E-state index in [0.29, 0.717) is 11.6 Å². The molecule has 0 radical (unpaired) electrons. The Kier molecular flexibility index (Phi) is 4.40. The van der Waals surface area contributed by atoms with Gasteiger partial charge in [-0.15, -0.1) is 0 Å². The minimum absolute atomic E-state index is 0.264. The van der Waals surface area contributed by atoms with Crippen molar-refractivity contribution in [3.8, 4) is 0 Å². The molecule has 0 fully saturated rings. The van der Waals surface area contributed by atoms with E-state index < -0.39 is 0 Å². The molecule has 2 aromatic rings. The van der Waals surface area contributed by atoms with Crippen LogP contribution < -0.4 is 5.73 Å². The standard InChI is InChI=1S/C15H16ClFN2/c1-19(9-11-2-5-14(18)6-3-11)10-12-8-13(17)4-7-15(12)16/h2-8H,9-10,18H2,1H3. The van der Waals surface area contributed by atoms with E-state index >= 15 is 0 Å². The molecule has 0 saturated carbocycles. The second-order valence-electron chi connectivity index (χ2n) is 4.65. The van der Waals surface area contributed by atoms with Crippen molar-refractivity contribution < 1.29 is 4.39 Å². The summed E-state index contributed by atoms with van der Waals surface area (Å²) < 4.78 is 13.2. The van der Waals surface area contributed by atoms with Crippen LogP contribution in [0.3, 0.4) is 0 Å². The molecule has 0 aliphatic rings. The van der Waals surface area contributed by atoms with Crippen LogP contribution in [-0.2, 0) is 13.1 Å². The van der Waals surface area contributed by atoms with Crippen LogP contribution >= 0.6 is 11.6 Å². The number of halogens is 2. The fraction of sp³-hybridized carbons (Fsp3) is 0.200. The number of nitrogen functional groups attached to an aromatic ring is 1. The van der Waals surface area contributed by atoms with Gasteiger partial charge in [-0.25, -0.2) is 4.39 Å². The van der Waals surface area contributed by atoms with Crippen LogP contribution in [0, 0.1) is 5.82 Å². The van der Waals surface area contributed by atoms with E-state index in [1.54, 1.807) is 6.07 Å². The van der Waals surface area contributed by atoms with Gasteiger partial charge in [-0.2, -0.15) is 0 Å². The predicted octanol–water partition coefficient (Wildman–Crippen LogP) is 3.69. The van der Waals surface area contributed by atoms with Gasteiger partial charge in [0.1, 0.15) is 5.82 Å². The van der Waals surface area contributed by atoms with E-state index in [0.717, 1.165) is 23.4 Å². The normalized spacial score (nSPS) is 10.9. The third kappa shape index (κ3) is 3.94. The van der Waals surface area contributed by atoms with Crippen molar-refractivity contribution in [1.29, 1.82) is 0 Å². The Morgan fingerprint density at radius 3 is 2.47 bits per heavy atom. The lowest BCUT2D eigenvalue weighted by Gasteiger charge is -2.17. The summed E-state index contributed by atoms with van der Waals surface area (Å²) in [5.41, 5.74) is 8.34. The van der Waals surface area contributed by atoms with Gasteiger partial charge in [0.15, 0.2) is 0 Å². The molecule has 100 valence electrons. The fourth-order valence-electron chi connectivity index (χ4n) is 1.95. The molecule has 0 bridgehead atoms. The number of anilines is 1. The molecule has 2 aromatic carbocycles. The number of nitrogens with two attached hydrogens (primary N) is 1. The van der Waals surface area contributed by atoms with Crippen LogP contribution in [0.5, 0.6) is 0 Å². The Morgan fingerprint density at radius 2 is 1.79 bits per heavy atom. The lowest BCUT2D eigenvalue weighted by molar-refractivity contribution is 0.318. The maximum Gasteiger partial charge on any atom is 0.123 e. The third-order valence-electron chi connectivity index (χ3n) is 2.88. The van der Waals surface area contributed by atoms with Crippen molar-refractivity contribution in [2.75, 3.05) is 12.8 Å². The van der Waals surface area contributed by atoms with Gasteiger partial charge in [-0.05, 0) is 48.5 Å². The number of rotatable bonds is 4. The van der Waals surface area contributed by atoms with Gasteiger partial charge in [0, 0.05) is 23.8 Å². The molecule has 0 spiro atoms. The molecule has 2 N–H and O–H groups in total. The van der Waals surface area contributed by atoms with Gasteiger partial charge in [-0.3, -0.25) is 4.90 Å². The molecule has 0 saturated heterocycles. The Hall–Kier alpha value is -1.58. The number of benzene rings is 2. The summed E-state index contributed by atoms with van der Waals surface area (Å²) in [6.45, 7) is 1.36. The van der Waals surface area contributed by atoms with Crippen LogP contribution in [-0.4, -0.2) is 11.9 Å². The summed E-state index contributed by atoms with van der Waals surface area (Å²) in [6, 6.07) is 12.1. The van der Waals surface area contributed by atoms with Crippen molar-refractivity contribution >= 4 is 17.3 Å². The molecule has 0 heterocycles. The van der Waals surface area contributed by atoms with Gasteiger partial charge in [-0.1, -0.05) is 23.7 Å². The molecule has 19 heavy (non-hydrogen) atoms. The largest absolute Gasteiger partial charge is 0.399 e. The van der Waals surface area contributed by atoms with Gasteiger partial charge >= 0.3 is 0 Å². The molecular weight excluding hydrogens is 263 g/mol. The first-order valence-corrected chi connectivity index (χ1v) is 6.39. The maximum absolute atomic E-state index is 13.2. The van der Waals surface area contributed by atoms with Crippen molar-refractivity contribution in [3.05, 3.63) is 64.4 Å². The predicted molar refractivity (Wildman–Crippen MR) is 77.4 cm³/mol. The lowest BCUT2D eigenvalue weighted by Crippen LogP contribution is -2.17. The van der Waals surface area contributed by atoms with Crippen molar-refractivity contribution in [2.45, 2.75) is 13.1 Å². The third-order valence-corrected chi connectivity index (χ3v) is 3.25. The molecule has 0 unspecified atom stereocenters. The summed E-state index contributed by atoms with van der Waals surface area (Å²) in [7, 11) is 1.97. The molecule has 0 aliphatic heterocycles. The first kappa shape index (κ1) is 13.8. The van der Waals surface area contributed by atoms with Crippen LogP contribution in [0.15, 0.2) is 42.5 Å². The number of nitrogens with zero attached hydrogens (tertiary/aromatic N) is 1. The zero-order valence-electron chi connectivity index (χ0n) is 10.7. The Morgan fingerprint density at radius 1 is 1.11 bits per heavy atom. The van der Waals surface area contributed by atoms with E-state index in [1.807, 2.05) is 31.3 Å². The van der Waals surface area contributed by atoms with Gasteiger partial charge < -0.3 is 5.73 Å². The summed E-state index contributed by atoms with van der Waals surface area (Å²) in [4.78, 5) is 2.08. The lowest BCUT2D eigenvalue weighted by atomic mass is 10.1. The van der Waals surface area contributed by atoms with E-state index in [9.17, 15) is 4.39 Å². The molecule has 2 rings (SSSR count).